The van der Waals surface area contributed by atoms with E-state index in [-0.39, 0.29) is 5.97 Å². The number of hydrogen-bond donors (Lipinski definition) is 0. The van der Waals surface area contributed by atoms with Crippen molar-refractivity contribution in [2.24, 2.45) is 0 Å². The molecule has 0 aliphatic heterocycles. The zero-order chi connectivity index (χ0) is 11.1. The van der Waals surface area contributed by atoms with Crippen molar-refractivity contribution in [1.29, 1.82) is 0 Å². The molecule has 0 aliphatic carbocycles. The molecule has 0 radical (unpaired) electrons. The second-order valence-electron chi connectivity index (χ2n) is 3.19. The highest BCUT2D eigenvalue weighted by Crippen LogP contribution is 2.13. The molecular weight excluding hydrogens is 192 g/mol. The molecule has 0 bridgehead atoms. The predicted molar refractivity (Wildman–Crippen MR) is 57.9 cm³/mol. The van der Waals surface area contributed by atoms with Crippen molar-refractivity contribution in [3.8, 4) is 5.75 Å². The van der Waals surface area contributed by atoms with Gasteiger partial charge in [0, 0.05) is 6.92 Å². The third-order valence-electron chi connectivity index (χ3n) is 1.96. The molecule has 3 nitrogen and oxygen atoms in total. The van der Waals surface area contributed by atoms with E-state index in [2.05, 4.69) is 13.0 Å². The van der Waals surface area contributed by atoms with Gasteiger partial charge >= 0.3 is 5.97 Å². The van der Waals surface area contributed by atoms with Crippen LogP contribution in [0.25, 0.3) is 0 Å². The first-order valence-electron chi connectivity index (χ1n) is 5.07. The summed E-state index contributed by atoms with van der Waals surface area (Å²) in [6.45, 7) is 4.17. The molecule has 15 heavy (non-hydrogen) atoms. The van der Waals surface area contributed by atoms with Crippen molar-refractivity contribution in [2.45, 2.75) is 20.3 Å². The summed E-state index contributed by atoms with van der Waals surface area (Å²) in [7, 11) is 0. The quantitative estimate of drug-likeness (QED) is 0.549. The van der Waals surface area contributed by atoms with E-state index in [1.54, 1.807) is 0 Å². The van der Waals surface area contributed by atoms with Crippen molar-refractivity contribution in [1.82, 2.24) is 0 Å². The Balaban J connectivity index is 2.33. The molecule has 0 N–H and O–H groups in total. The molecule has 0 aliphatic rings. The van der Waals surface area contributed by atoms with Gasteiger partial charge in [0.05, 0.1) is 0 Å². The number of rotatable bonds is 5. The molecule has 82 valence electrons. The number of carbonyl (C=O) groups is 1. The first kappa shape index (κ1) is 11.6. The van der Waals surface area contributed by atoms with E-state index in [0.29, 0.717) is 13.2 Å². The van der Waals surface area contributed by atoms with Gasteiger partial charge in [-0.25, -0.2) is 0 Å². The van der Waals surface area contributed by atoms with Crippen LogP contribution in [0, 0.1) is 0 Å². The Hall–Kier alpha value is -1.51. The van der Waals surface area contributed by atoms with Gasteiger partial charge in [-0.2, -0.15) is 0 Å². The van der Waals surface area contributed by atoms with Crippen LogP contribution in [0.5, 0.6) is 5.75 Å². The third-order valence-corrected chi connectivity index (χ3v) is 1.96. The molecule has 0 unspecified atom stereocenters. The second-order valence-corrected chi connectivity index (χ2v) is 3.19. The first-order valence-corrected chi connectivity index (χ1v) is 5.07. The molecule has 1 aromatic rings. The molecule has 0 saturated heterocycles. The fourth-order valence-corrected chi connectivity index (χ4v) is 1.20. The van der Waals surface area contributed by atoms with Gasteiger partial charge < -0.3 is 9.47 Å². The molecule has 0 atom stereocenters. The standard InChI is InChI=1S/C12H16O3/c1-3-11-5-4-6-12(9-11)15-8-7-14-10(2)13/h4-6,9H,3,7-8H2,1-2H3. The van der Waals surface area contributed by atoms with Crippen LogP contribution in [-0.2, 0) is 16.0 Å². The van der Waals surface area contributed by atoms with Crippen LogP contribution in [0.15, 0.2) is 24.3 Å². The summed E-state index contributed by atoms with van der Waals surface area (Å²) < 4.78 is 10.2. The summed E-state index contributed by atoms with van der Waals surface area (Å²) in [5.41, 5.74) is 1.24. The third kappa shape index (κ3) is 4.49. The molecule has 0 heterocycles. The summed E-state index contributed by atoms with van der Waals surface area (Å²) in [6.07, 6.45) is 0.987. The molecule has 0 amide bonds. The lowest BCUT2D eigenvalue weighted by molar-refractivity contribution is -0.141. The fraction of sp³-hybridized carbons (Fsp3) is 0.417. The number of carbonyl (C=O) groups excluding carboxylic acids is 1. The number of aryl methyl sites for hydroxylation is 1. The lowest BCUT2D eigenvalue weighted by Crippen LogP contribution is -2.09. The zero-order valence-corrected chi connectivity index (χ0v) is 9.16. The highest BCUT2D eigenvalue weighted by molar-refractivity contribution is 5.65. The summed E-state index contributed by atoms with van der Waals surface area (Å²) in [5.74, 6) is 0.544. The summed E-state index contributed by atoms with van der Waals surface area (Å²) in [5, 5.41) is 0. The van der Waals surface area contributed by atoms with Gasteiger partial charge in [-0.15, -0.1) is 0 Å². The smallest absolute Gasteiger partial charge is 0.302 e. The average molecular weight is 208 g/mol. The van der Waals surface area contributed by atoms with E-state index >= 15 is 0 Å². The molecule has 1 aromatic carbocycles. The van der Waals surface area contributed by atoms with E-state index in [1.165, 1.54) is 12.5 Å². The van der Waals surface area contributed by atoms with Gasteiger partial charge in [0.1, 0.15) is 19.0 Å². The number of benzene rings is 1. The highest BCUT2D eigenvalue weighted by Gasteiger charge is 1.96. The summed E-state index contributed by atoms with van der Waals surface area (Å²) in [6, 6.07) is 7.90. The SMILES string of the molecule is CCc1cccc(OCCOC(C)=O)c1. The lowest BCUT2D eigenvalue weighted by atomic mass is 10.2. The molecule has 0 spiro atoms. The van der Waals surface area contributed by atoms with Gasteiger partial charge in [0.15, 0.2) is 0 Å². The Kier molecular flexibility index (Phi) is 4.68. The second kappa shape index (κ2) is 6.06. The molecule has 0 aromatic heterocycles. The monoisotopic (exact) mass is 208 g/mol. The van der Waals surface area contributed by atoms with Crippen molar-refractivity contribution in [3.63, 3.8) is 0 Å². The first-order chi connectivity index (χ1) is 7.22. The maximum absolute atomic E-state index is 10.5. The molecular formula is C12H16O3. The highest BCUT2D eigenvalue weighted by atomic mass is 16.6. The Morgan fingerprint density at radius 3 is 2.80 bits per heavy atom. The lowest BCUT2D eigenvalue weighted by Gasteiger charge is -2.07. The van der Waals surface area contributed by atoms with Crippen molar-refractivity contribution in [3.05, 3.63) is 29.8 Å². The van der Waals surface area contributed by atoms with E-state index in [1.807, 2.05) is 18.2 Å². The van der Waals surface area contributed by atoms with Crippen LogP contribution in [0.4, 0.5) is 0 Å². The maximum Gasteiger partial charge on any atom is 0.302 e. The van der Waals surface area contributed by atoms with Gasteiger partial charge in [-0.05, 0) is 24.1 Å². The zero-order valence-electron chi connectivity index (χ0n) is 9.16. The topological polar surface area (TPSA) is 35.5 Å². The fourth-order valence-electron chi connectivity index (χ4n) is 1.20. The maximum atomic E-state index is 10.5. The van der Waals surface area contributed by atoms with Crippen LogP contribution >= 0.6 is 0 Å². The van der Waals surface area contributed by atoms with Crippen LogP contribution in [0.3, 0.4) is 0 Å². The minimum atomic E-state index is -0.277. The minimum Gasteiger partial charge on any atom is -0.490 e. The average Bonchev–Trinajstić information content (AvgIpc) is 2.24. The Morgan fingerprint density at radius 2 is 2.13 bits per heavy atom. The van der Waals surface area contributed by atoms with Crippen LogP contribution in [0.1, 0.15) is 19.4 Å². The molecule has 3 heteroatoms. The van der Waals surface area contributed by atoms with Crippen LogP contribution in [0.2, 0.25) is 0 Å². The van der Waals surface area contributed by atoms with E-state index < -0.39 is 0 Å². The molecule has 1 rings (SSSR count). The van der Waals surface area contributed by atoms with E-state index in [0.717, 1.165) is 12.2 Å². The number of hydrogen-bond acceptors (Lipinski definition) is 3. The van der Waals surface area contributed by atoms with Gasteiger partial charge in [-0.3, -0.25) is 4.79 Å². The minimum absolute atomic E-state index is 0.277. The Morgan fingerprint density at radius 1 is 1.33 bits per heavy atom. The predicted octanol–water partition coefficient (Wildman–Crippen LogP) is 2.19. The van der Waals surface area contributed by atoms with Gasteiger partial charge in [0.25, 0.3) is 0 Å². The van der Waals surface area contributed by atoms with Crippen LogP contribution in [-0.4, -0.2) is 19.2 Å². The van der Waals surface area contributed by atoms with E-state index in [9.17, 15) is 4.79 Å². The largest absolute Gasteiger partial charge is 0.490 e. The van der Waals surface area contributed by atoms with Crippen molar-refractivity contribution in [2.75, 3.05) is 13.2 Å². The Labute approximate surface area is 90.0 Å². The van der Waals surface area contributed by atoms with Gasteiger partial charge in [-0.1, -0.05) is 19.1 Å². The Bertz CT molecular complexity index is 320. The summed E-state index contributed by atoms with van der Waals surface area (Å²) >= 11 is 0. The van der Waals surface area contributed by atoms with E-state index in [4.69, 9.17) is 9.47 Å². The molecule has 0 fully saturated rings. The summed E-state index contributed by atoms with van der Waals surface area (Å²) in [4.78, 5) is 10.5. The molecule has 0 saturated carbocycles. The van der Waals surface area contributed by atoms with Crippen molar-refractivity contribution < 1.29 is 14.3 Å². The number of ether oxygens (including phenoxy) is 2. The normalized spacial score (nSPS) is 9.73. The van der Waals surface area contributed by atoms with Crippen LogP contribution < -0.4 is 4.74 Å². The van der Waals surface area contributed by atoms with Gasteiger partial charge in [0.2, 0.25) is 0 Å². The number of esters is 1. The van der Waals surface area contributed by atoms with Crippen molar-refractivity contribution >= 4 is 5.97 Å².